The van der Waals surface area contributed by atoms with E-state index >= 15 is 0 Å². The molecule has 2 aliphatic carbocycles. The number of ether oxygens (including phenoxy) is 1. The van der Waals surface area contributed by atoms with Gasteiger partial charge in [0.2, 0.25) is 0 Å². The van der Waals surface area contributed by atoms with Crippen LogP contribution in [-0.4, -0.2) is 154 Å². The Hall–Kier alpha value is -14.3. The van der Waals surface area contributed by atoms with Crippen molar-refractivity contribution in [2.45, 2.75) is 106 Å². The molecule has 30 nitrogen and oxygen atoms in total. The first-order valence-electron chi connectivity index (χ1n) is 38.2. The van der Waals surface area contributed by atoms with E-state index in [0.717, 1.165) is 94.7 Å². The van der Waals surface area contributed by atoms with Gasteiger partial charge in [-0.1, -0.05) is 84.9 Å². The highest BCUT2D eigenvalue weighted by Crippen LogP contribution is 2.41. The molecule has 9 aromatic rings. The minimum Gasteiger partial charge on any atom is -0.508 e. The van der Waals surface area contributed by atoms with E-state index in [1.165, 1.54) is 83.7 Å². The van der Waals surface area contributed by atoms with Crippen LogP contribution in [0.1, 0.15) is 124 Å². The zero-order valence-corrected chi connectivity index (χ0v) is 64.2. The van der Waals surface area contributed by atoms with E-state index in [2.05, 4.69) is 52.7 Å². The number of carbonyl (C=O) groups is 12. The number of methoxy groups -OCH3 is 1. The number of phenolic OH excluding ortho intramolecular Hbond substituents is 1. The van der Waals surface area contributed by atoms with Crippen LogP contribution in [0.15, 0.2) is 170 Å². The molecule has 8 aliphatic heterocycles. The van der Waals surface area contributed by atoms with Crippen molar-refractivity contribution in [3.05, 3.63) is 249 Å². The van der Waals surface area contributed by atoms with Gasteiger partial charge in [0, 0.05) is 85.0 Å². The molecule has 9 N–H and O–H groups in total. The first kappa shape index (κ1) is 80.5. The number of imide groups is 4. The van der Waals surface area contributed by atoms with Crippen LogP contribution in [0.25, 0.3) is 22.3 Å². The van der Waals surface area contributed by atoms with Gasteiger partial charge in [-0.15, -0.1) is 0 Å². The highest BCUT2D eigenvalue weighted by molar-refractivity contribution is 6.11. The maximum atomic E-state index is 13.3. The SMILES string of the molecule is CC1(CN2Cc3ccc(C(F)(F)F)cc3C2=O)NC(=O)NC1=O.COc1ccc2c(c1)C(=O)N(C[C@@]1(c3ccc(-c4cnn(CC5CC5)c4)cc3)NC(=O)NC1=O)C2.O=C1NC(=O)C(CN2Cc3ccc(C(F)(F)F)cc3C2=O)(c2ccc(F)cc2)N1.O=C1NC(=O)[C@](CN2Cc3ccc(O)cc3C2=O)(c2ccc(-c3cnn(CC4CC4)c3)cc2)N1. The number of alkyl halides is 6. The molecule has 2 aromatic heterocycles. The standard InChI is InChI=1S/C26H25N5O4.C25H23N5O4.C19H13F4N3O3.C14H12F3N3O3/c1-35-21-9-6-18-13-30(23(32)22(18)10-21)15-26(24(33)28-25(34)29-26)20-7-4-17(5-8-20)19-11-27-31(14-19)12-16-2-3-16;31-20-8-5-17-12-29(22(32)21(17)9-20)14-25(23(33)27-24(34)28-25)19-6-3-16(4-7-19)18-10-26-30(13-18)11-15-1-2-15;20-13-5-3-11(4-6-13)18(16(28)24-17(29)25-18)9-26-8-10-1-2-12(19(21,22)23)7-14(10)15(26)27;1-13(11(22)18-12(23)19-13)6-20-5-7-2-3-8(14(15,16)17)4-9(7)10(20)21/h4-11,14,16H,2-3,12-13,15H2,1H3,(H2,28,29,33,34);3-10,13,15,31H,1-2,11-12,14H2,(H2,27,28,33,34);1-7H,8-9H2,(H2,24,25,28,29);2-4H,5-6H2,1H3,(H2,18,19,22,23)/t26-;25-;;/m00../s1. The van der Waals surface area contributed by atoms with Gasteiger partial charge >= 0.3 is 36.5 Å². The van der Waals surface area contributed by atoms with Crippen LogP contribution in [0.3, 0.4) is 0 Å². The Morgan fingerprint density at radius 2 is 0.752 bits per heavy atom. The molecule has 0 radical (unpaired) electrons. The van der Waals surface area contributed by atoms with Crippen LogP contribution in [0, 0.1) is 17.7 Å². The number of aromatic hydroxyl groups is 1. The highest BCUT2D eigenvalue weighted by Gasteiger charge is 2.55. The number of nitrogens with one attached hydrogen (secondary N) is 8. The molecule has 121 heavy (non-hydrogen) atoms. The molecule has 0 bridgehead atoms. The fourth-order valence-electron chi connectivity index (χ4n) is 16.0. The Kier molecular flexibility index (Phi) is 20.3. The predicted octanol–water partition coefficient (Wildman–Crippen LogP) is 8.81. The number of rotatable bonds is 18. The van der Waals surface area contributed by atoms with Crippen molar-refractivity contribution < 1.29 is 98.1 Å². The lowest BCUT2D eigenvalue weighted by molar-refractivity contribution is -0.138. The average Bonchev–Trinajstić information content (AvgIpc) is 1.61. The Morgan fingerprint density at radius 3 is 1.10 bits per heavy atom. The topological polar surface area (TPSA) is 379 Å². The molecule has 2 unspecified atom stereocenters. The summed E-state index contributed by atoms with van der Waals surface area (Å²) in [5.74, 6) is -2.59. The van der Waals surface area contributed by atoms with Gasteiger partial charge in [0.1, 0.15) is 22.9 Å². The smallest absolute Gasteiger partial charge is 0.416 e. The molecule has 4 saturated heterocycles. The van der Waals surface area contributed by atoms with E-state index < -0.39 is 111 Å². The normalized spacial score (nSPS) is 21.8. The summed E-state index contributed by atoms with van der Waals surface area (Å²) in [7, 11) is 1.55. The third-order valence-corrected chi connectivity index (χ3v) is 22.8. The zero-order valence-electron chi connectivity index (χ0n) is 64.2. The molecule has 2 saturated carbocycles. The predicted molar refractivity (Wildman–Crippen MR) is 410 cm³/mol. The van der Waals surface area contributed by atoms with Crippen LogP contribution in [0.4, 0.5) is 49.9 Å². The Balaban J connectivity index is 0.000000121. The van der Waals surface area contributed by atoms with Gasteiger partial charge in [-0.2, -0.15) is 36.5 Å². The maximum Gasteiger partial charge on any atom is 0.416 e. The van der Waals surface area contributed by atoms with E-state index in [9.17, 15) is 93.4 Å². The molecule has 37 heteroatoms. The monoisotopic (exact) mass is 1660 g/mol. The number of carbonyl (C=O) groups excluding carboxylic acids is 12. The Labute approximate surface area is 682 Å². The van der Waals surface area contributed by atoms with E-state index in [0.29, 0.717) is 45.7 Å². The molecule has 19 rings (SSSR count). The number of benzene rings is 7. The number of amides is 16. The van der Waals surface area contributed by atoms with E-state index in [4.69, 9.17) is 4.74 Å². The lowest BCUT2D eigenvalue weighted by Gasteiger charge is -2.31. The Morgan fingerprint density at radius 1 is 0.413 bits per heavy atom. The summed E-state index contributed by atoms with van der Waals surface area (Å²) < 4.78 is 99.6. The van der Waals surface area contributed by atoms with Crippen LogP contribution in [0.2, 0.25) is 0 Å². The minimum absolute atomic E-state index is 0.00613. The maximum absolute atomic E-state index is 13.3. The van der Waals surface area contributed by atoms with Gasteiger partial charge in [-0.25, -0.2) is 23.6 Å². The number of hydrogen-bond acceptors (Lipinski definition) is 16. The fourth-order valence-corrected chi connectivity index (χ4v) is 16.0. The molecule has 4 atom stereocenters. The molecule has 6 fully saturated rings. The summed E-state index contributed by atoms with van der Waals surface area (Å²) in [6.07, 6.45) is 3.61. The molecular formula is C84H73F7N16O14. The van der Waals surface area contributed by atoms with Crippen LogP contribution >= 0.6 is 0 Å². The third kappa shape index (κ3) is 15.9. The summed E-state index contributed by atoms with van der Waals surface area (Å²) in [5.41, 5.74) is 0.929. The fraction of sp³-hybridized carbons (Fsp3) is 0.286. The van der Waals surface area contributed by atoms with E-state index in [1.807, 2.05) is 76.6 Å². The molecule has 10 aliphatic rings. The van der Waals surface area contributed by atoms with Crippen molar-refractivity contribution in [2.24, 2.45) is 11.8 Å². The molecular weight excluding hydrogens is 1590 g/mol. The van der Waals surface area contributed by atoms with Gasteiger partial charge in [0.05, 0.1) is 56.8 Å². The molecule has 0 spiro atoms. The van der Waals surface area contributed by atoms with Crippen LogP contribution in [-0.2, 0) is 87.4 Å². The van der Waals surface area contributed by atoms with Gasteiger partial charge in [-0.05, 0) is 155 Å². The lowest BCUT2D eigenvalue weighted by Crippen LogP contribution is -2.52. The van der Waals surface area contributed by atoms with Crippen LogP contribution in [0.5, 0.6) is 11.5 Å². The summed E-state index contributed by atoms with van der Waals surface area (Å²) in [4.78, 5) is 155. The molecule has 7 aromatic carbocycles. The zero-order chi connectivity index (χ0) is 85.6. The molecule has 10 heterocycles. The first-order chi connectivity index (χ1) is 57.6. The van der Waals surface area contributed by atoms with Crippen molar-refractivity contribution in [2.75, 3.05) is 33.3 Å². The lowest BCUT2D eigenvalue weighted by atomic mass is 9.88. The second-order valence-corrected chi connectivity index (χ2v) is 31.4. The number of aromatic nitrogens is 4. The van der Waals surface area contributed by atoms with Gasteiger partial charge in [0.25, 0.3) is 47.3 Å². The summed E-state index contributed by atoms with van der Waals surface area (Å²) in [6, 6.07) is 32.9. The molecule has 622 valence electrons. The van der Waals surface area contributed by atoms with Crippen LogP contribution < -0.4 is 47.3 Å². The number of urea groups is 4. The van der Waals surface area contributed by atoms with E-state index in [1.54, 1.807) is 42.3 Å². The average molecular weight is 1660 g/mol. The molecule has 16 amide bonds. The van der Waals surface area contributed by atoms with Crippen molar-refractivity contribution in [1.82, 2.24) is 81.7 Å². The van der Waals surface area contributed by atoms with Gasteiger partial charge in [0.15, 0.2) is 16.6 Å². The largest absolute Gasteiger partial charge is 0.508 e. The highest BCUT2D eigenvalue weighted by atomic mass is 19.4. The van der Waals surface area contributed by atoms with Crippen molar-refractivity contribution in [3.8, 4) is 33.8 Å². The first-order valence-corrected chi connectivity index (χ1v) is 38.2. The van der Waals surface area contributed by atoms with E-state index in [-0.39, 0.29) is 80.1 Å². The quantitative estimate of drug-likeness (QED) is 0.0286. The number of hydrogen-bond donors (Lipinski definition) is 9. The number of phenols is 1. The summed E-state index contributed by atoms with van der Waals surface area (Å²) >= 11 is 0. The van der Waals surface area contributed by atoms with Crippen molar-refractivity contribution in [1.29, 1.82) is 0 Å². The summed E-state index contributed by atoms with van der Waals surface area (Å²) in [5, 5.41) is 37.9. The number of fused-ring (bicyclic) bond motifs is 4. The second kappa shape index (κ2) is 30.6. The van der Waals surface area contributed by atoms with Gasteiger partial charge < -0.3 is 50.7 Å². The third-order valence-electron chi connectivity index (χ3n) is 22.8. The van der Waals surface area contributed by atoms with Gasteiger partial charge in [-0.3, -0.25) is 69.0 Å². The minimum atomic E-state index is -4.60. The van der Waals surface area contributed by atoms with Crippen molar-refractivity contribution in [3.63, 3.8) is 0 Å². The van der Waals surface area contributed by atoms with Crippen molar-refractivity contribution >= 4 is 71.4 Å². The summed E-state index contributed by atoms with van der Waals surface area (Å²) in [6.45, 7) is 3.54. The second-order valence-electron chi connectivity index (χ2n) is 31.4. The Bertz CT molecular complexity index is 5830. The number of halogens is 7. The number of nitrogens with zero attached hydrogens (tertiary/aromatic N) is 8.